The first-order valence-electron chi connectivity index (χ1n) is 5.23. The topological polar surface area (TPSA) is 90.7 Å². The highest BCUT2D eigenvalue weighted by Crippen LogP contribution is 2.25. The van der Waals surface area contributed by atoms with E-state index in [-0.39, 0.29) is 5.69 Å². The lowest BCUT2D eigenvalue weighted by atomic mass is 10.2. The number of methoxy groups -OCH3 is 1. The second kappa shape index (κ2) is 6.24. The Balaban J connectivity index is 2.76. The number of anilines is 1. The van der Waals surface area contributed by atoms with Crippen molar-refractivity contribution in [3.05, 3.63) is 24.3 Å². The Labute approximate surface area is 111 Å². The van der Waals surface area contributed by atoms with Crippen LogP contribution >= 0.6 is 0 Å². The Morgan fingerprint density at radius 3 is 2.55 bits per heavy atom. The third-order valence-corrected chi connectivity index (χ3v) is 2.07. The molecule has 0 aliphatic carbocycles. The lowest BCUT2D eigenvalue weighted by Crippen LogP contribution is -2.43. The molecule has 0 aliphatic rings. The van der Waals surface area contributed by atoms with Crippen molar-refractivity contribution in [2.45, 2.75) is 12.4 Å². The smallest absolute Gasteiger partial charge is 0.467 e. The molecule has 6 nitrogen and oxygen atoms in total. The summed E-state index contributed by atoms with van der Waals surface area (Å²) < 4.78 is 44.0. The molecule has 9 heteroatoms. The quantitative estimate of drug-likeness (QED) is 0.639. The summed E-state index contributed by atoms with van der Waals surface area (Å²) in [6.07, 6.45) is -4.84. The van der Waals surface area contributed by atoms with Crippen molar-refractivity contribution < 1.29 is 32.2 Å². The summed E-state index contributed by atoms with van der Waals surface area (Å²) in [4.78, 5) is 22.5. The molecule has 0 aliphatic heterocycles. The van der Waals surface area contributed by atoms with Crippen LogP contribution in [0.3, 0.4) is 0 Å². The zero-order valence-corrected chi connectivity index (χ0v) is 10.2. The van der Waals surface area contributed by atoms with E-state index in [1.165, 1.54) is 12.1 Å². The molecule has 0 radical (unpaired) electrons. The van der Waals surface area contributed by atoms with Gasteiger partial charge in [-0.3, -0.25) is 4.79 Å². The van der Waals surface area contributed by atoms with Gasteiger partial charge in [0.15, 0.2) is 6.04 Å². The summed E-state index contributed by atoms with van der Waals surface area (Å²) in [6, 6.07) is 2.97. The van der Waals surface area contributed by atoms with Gasteiger partial charge in [0.1, 0.15) is 5.75 Å². The number of nitrogens with two attached hydrogens (primary N) is 1. The van der Waals surface area contributed by atoms with Crippen LogP contribution in [0.4, 0.5) is 18.9 Å². The molecule has 1 amide bonds. The largest absolute Gasteiger partial charge is 0.573 e. The van der Waals surface area contributed by atoms with Gasteiger partial charge in [-0.1, -0.05) is 6.07 Å². The molecule has 0 saturated heterocycles. The number of amides is 1. The fourth-order valence-electron chi connectivity index (χ4n) is 1.22. The van der Waals surface area contributed by atoms with Gasteiger partial charge in [-0.15, -0.1) is 13.2 Å². The average Bonchev–Trinajstić information content (AvgIpc) is 2.35. The maximum Gasteiger partial charge on any atom is 0.573 e. The van der Waals surface area contributed by atoms with Gasteiger partial charge < -0.3 is 20.5 Å². The number of hydrogen-bond acceptors (Lipinski definition) is 5. The van der Waals surface area contributed by atoms with Crippen LogP contribution < -0.4 is 15.8 Å². The number of carbonyl (C=O) groups excluding carboxylic acids is 2. The zero-order valence-electron chi connectivity index (χ0n) is 10.2. The minimum atomic E-state index is -4.84. The fraction of sp³-hybridized carbons (Fsp3) is 0.273. The standard InChI is InChI=1S/C11H11F3N2O4/c1-19-10(18)8(15)9(17)16-6-3-2-4-7(5-6)20-11(12,13)14/h2-5,8H,15H2,1H3,(H,16,17). The predicted octanol–water partition coefficient (Wildman–Crippen LogP) is 1.02. The molecular formula is C11H11F3N2O4. The van der Waals surface area contributed by atoms with Gasteiger partial charge in [0.05, 0.1) is 7.11 Å². The van der Waals surface area contributed by atoms with E-state index in [0.717, 1.165) is 19.2 Å². The van der Waals surface area contributed by atoms with Crippen LogP contribution in [0, 0.1) is 0 Å². The van der Waals surface area contributed by atoms with E-state index in [2.05, 4.69) is 14.8 Å². The molecule has 1 unspecified atom stereocenters. The Bertz CT molecular complexity index is 505. The molecule has 1 aromatic carbocycles. The molecule has 0 bridgehead atoms. The number of hydrogen-bond donors (Lipinski definition) is 2. The third kappa shape index (κ3) is 4.76. The molecule has 20 heavy (non-hydrogen) atoms. The molecule has 0 spiro atoms. The van der Waals surface area contributed by atoms with Crippen molar-refractivity contribution in [1.82, 2.24) is 0 Å². The maximum atomic E-state index is 12.0. The van der Waals surface area contributed by atoms with Crippen LogP contribution in [0.2, 0.25) is 0 Å². The van der Waals surface area contributed by atoms with Crippen molar-refractivity contribution >= 4 is 17.6 Å². The van der Waals surface area contributed by atoms with Crippen molar-refractivity contribution in [2.24, 2.45) is 5.73 Å². The average molecular weight is 292 g/mol. The van der Waals surface area contributed by atoms with E-state index in [0.29, 0.717) is 0 Å². The second-order valence-corrected chi connectivity index (χ2v) is 3.57. The number of benzene rings is 1. The van der Waals surface area contributed by atoms with Gasteiger partial charge in [-0.25, -0.2) is 4.79 Å². The second-order valence-electron chi connectivity index (χ2n) is 3.57. The lowest BCUT2D eigenvalue weighted by molar-refractivity contribution is -0.274. The number of esters is 1. The Morgan fingerprint density at radius 1 is 1.35 bits per heavy atom. The molecule has 1 atom stereocenters. The number of halogens is 3. The van der Waals surface area contributed by atoms with E-state index in [1.54, 1.807) is 0 Å². The third-order valence-electron chi connectivity index (χ3n) is 2.07. The van der Waals surface area contributed by atoms with Crippen LogP contribution in [-0.2, 0) is 14.3 Å². The van der Waals surface area contributed by atoms with Gasteiger partial charge in [0, 0.05) is 11.8 Å². The van der Waals surface area contributed by atoms with Crippen molar-refractivity contribution in [2.75, 3.05) is 12.4 Å². The first-order valence-corrected chi connectivity index (χ1v) is 5.23. The van der Waals surface area contributed by atoms with Gasteiger partial charge >= 0.3 is 12.3 Å². The Kier molecular flexibility index (Phi) is 4.92. The van der Waals surface area contributed by atoms with Gasteiger partial charge in [0.25, 0.3) is 5.91 Å². The van der Waals surface area contributed by atoms with Crippen molar-refractivity contribution in [3.8, 4) is 5.75 Å². The van der Waals surface area contributed by atoms with E-state index < -0.39 is 30.0 Å². The van der Waals surface area contributed by atoms with Crippen molar-refractivity contribution in [1.29, 1.82) is 0 Å². The van der Waals surface area contributed by atoms with Crippen LogP contribution in [0.15, 0.2) is 24.3 Å². The highest BCUT2D eigenvalue weighted by molar-refractivity contribution is 6.08. The molecule has 110 valence electrons. The number of rotatable bonds is 4. The molecule has 0 aromatic heterocycles. The summed E-state index contributed by atoms with van der Waals surface area (Å²) in [7, 11) is 1.05. The summed E-state index contributed by atoms with van der Waals surface area (Å²) in [5.41, 5.74) is 5.26. The van der Waals surface area contributed by atoms with E-state index >= 15 is 0 Å². The number of carbonyl (C=O) groups is 2. The molecule has 1 aromatic rings. The Hall–Kier alpha value is -2.29. The van der Waals surface area contributed by atoms with Crippen LogP contribution in [0.1, 0.15) is 0 Å². The summed E-state index contributed by atoms with van der Waals surface area (Å²) in [5, 5.41) is 2.17. The van der Waals surface area contributed by atoms with Crippen LogP contribution in [-0.4, -0.2) is 31.4 Å². The molecule has 1 rings (SSSR count). The fourth-order valence-corrected chi connectivity index (χ4v) is 1.22. The van der Waals surface area contributed by atoms with Gasteiger partial charge in [-0.05, 0) is 12.1 Å². The highest BCUT2D eigenvalue weighted by atomic mass is 19.4. The summed E-state index contributed by atoms with van der Waals surface area (Å²) in [5.74, 6) is -2.40. The van der Waals surface area contributed by atoms with Crippen molar-refractivity contribution in [3.63, 3.8) is 0 Å². The summed E-state index contributed by atoms with van der Waals surface area (Å²) in [6.45, 7) is 0. The predicted molar refractivity (Wildman–Crippen MR) is 61.7 cm³/mol. The Morgan fingerprint density at radius 2 is 2.00 bits per heavy atom. The monoisotopic (exact) mass is 292 g/mol. The normalized spacial score (nSPS) is 12.4. The van der Waals surface area contributed by atoms with E-state index in [9.17, 15) is 22.8 Å². The number of alkyl halides is 3. The summed E-state index contributed by atoms with van der Waals surface area (Å²) >= 11 is 0. The van der Waals surface area contributed by atoms with E-state index in [1.807, 2.05) is 0 Å². The molecule has 0 heterocycles. The zero-order chi connectivity index (χ0) is 15.3. The molecule has 0 saturated carbocycles. The molecule has 3 N–H and O–H groups in total. The van der Waals surface area contributed by atoms with Crippen LogP contribution in [0.5, 0.6) is 5.75 Å². The van der Waals surface area contributed by atoms with Gasteiger partial charge in [0.2, 0.25) is 0 Å². The minimum absolute atomic E-state index is 0.00361. The minimum Gasteiger partial charge on any atom is -0.467 e. The van der Waals surface area contributed by atoms with E-state index in [4.69, 9.17) is 5.73 Å². The molecular weight excluding hydrogens is 281 g/mol. The maximum absolute atomic E-state index is 12.0. The molecule has 0 fully saturated rings. The number of nitrogens with one attached hydrogen (secondary N) is 1. The highest BCUT2D eigenvalue weighted by Gasteiger charge is 2.31. The first kappa shape index (κ1) is 15.8. The lowest BCUT2D eigenvalue weighted by Gasteiger charge is -2.12. The van der Waals surface area contributed by atoms with Gasteiger partial charge in [-0.2, -0.15) is 0 Å². The first-order chi connectivity index (χ1) is 9.23. The van der Waals surface area contributed by atoms with Crippen LogP contribution in [0.25, 0.3) is 0 Å². The SMILES string of the molecule is COC(=O)C(N)C(=O)Nc1cccc(OC(F)(F)F)c1. The number of ether oxygens (including phenoxy) is 2.